The molecule has 1 amide bonds. The van der Waals surface area contributed by atoms with Gasteiger partial charge in [-0.1, -0.05) is 11.3 Å². The molecule has 6 rings (SSSR count). The zero-order valence-corrected chi connectivity index (χ0v) is 19.9. The molecule has 2 fully saturated rings. The lowest BCUT2D eigenvalue weighted by Gasteiger charge is -2.32. The van der Waals surface area contributed by atoms with Gasteiger partial charge >= 0.3 is 0 Å². The monoisotopic (exact) mass is 476 g/mol. The third-order valence-electron chi connectivity index (χ3n) is 7.14. The van der Waals surface area contributed by atoms with E-state index in [0.717, 1.165) is 96.3 Å². The molecule has 0 atom stereocenters. The standard InChI is InChI=1S/C25H28N6O2S/c32-20-3-1-11-30(20)12-2-8-27-16-6-13-31(14-7-16)25-29-22-17-4-9-26-15-19(17)21-18(23(22)34-25)5-10-28-24(21)33/h4-5,9-10,15-16,27H,1-3,6-8,11-14H2,(H,28,33). The molecule has 0 aliphatic carbocycles. The van der Waals surface area contributed by atoms with Crippen LogP contribution in [0.3, 0.4) is 0 Å². The largest absolute Gasteiger partial charge is 0.348 e. The number of rotatable bonds is 6. The number of amides is 1. The number of aromatic amines is 1. The highest BCUT2D eigenvalue weighted by molar-refractivity contribution is 7.23. The second kappa shape index (κ2) is 8.96. The first-order valence-corrected chi connectivity index (χ1v) is 12.9. The summed E-state index contributed by atoms with van der Waals surface area (Å²) >= 11 is 1.68. The Bertz CT molecular complexity index is 1420. The highest BCUT2D eigenvalue weighted by Gasteiger charge is 2.24. The molecule has 2 aliphatic heterocycles. The van der Waals surface area contributed by atoms with E-state index in [1.165, 1.54) is 0 Å². The van der Waals surface area contributed by atoms with Crippen molar-refractivity contribution in [3.05, 3.63) is 41.1 Å². The molecule has 34 heavy (non-hydrogen) atoms. The Kier molecular flexibility index (Phi) is 5.66. The molecule has 1 aromatic carbocycles. The van der Waals surface area contributed by atoms with Gasteiger partial charge in [0.2, 0.25) is 5.91 Å². The molecule has 8 nitrogen and oxygen atoms in total. The number of carbonyl (C=O) groups excluding carboxylic acids is 1. The first-order chi connectivity index (χ1) is 16.7. The molecular weight excluding hydrogens is 448 g/mol. The summed E-state index contributed by atoms with van der Waals surface area (Å²) in [6, 6.07) is 4.43. The molecule has 3 aromatic heterocycles. The quantitative estimate of drug-likeness (QED) is 0.328. The van der Waals surface area contributed by atoms with Gasteiger partial charge in [-0.25, -0.2) is 4.98 Å². The van der Waals surface area contributed by atoms with Crippen molar-refractivity contribution >= 4 is 54.1 Å². The second-order valence-corrected chi connectivity index (χ2v) is 10.2. The summed E-state index contributed by atoms with van der Waals surface area (Å²) in [4.78, 5) is 40.9. The van der Waals surface area contributed by atoms with Crippen LogP contribution in [0.1, 0.15) is 32.1 Å². The molecule has 9 heteroatoms. The van der Waals surface area contributed by atoms with Crippen molar-refractivity contribution in [2.24, 2.45) is 0 Å². The van der Waals surface area contributed by atoms with Crippen LogP contribution in [-0.4, -0.2) is 64.5 Å². The van der Waals surface area contributed by atoms with Gasteiger partial charge < -0.3 is 20.1 Å². The van der Waals surface area contributed by atoms with E-state index in [-0.39, 0.29) is 5.56 Å². The molecule has 2 aliphatic rings. The molecule has 0 unspecified atom stereocenters. The van der Waals surface area contributed by atoms with Gasteiger partial charge in [0.1, 0.15) is 0 Å². The lowest BCUT2D eigenvalue weighted by Crippen LogP contribution is -2.43. The summed E-state index contributed by atoms with van der Waals surface area (Å²) in [5, 5.41) is 8.16. The van der Waals surface area contributed by atoms with Gasteiger partial charge in [-0.15, -0.1) is 0 Å². The van der Waals surface area contributed by atoms with Crippen LogP contribution in [-0.2, 0) is 4.79 Å². The van der Waals surface area contributed by atoms with Crippen molar-refractivity contribution in [1.82, 2.24) is 25.2 Å². The van der Waals surface area contributed by atoms with Crippen LogP contribution in [0.4, 0.5) is 5.13 Å². The van der Waals surface area contributed by atoms with E-state index in [4.69, 9.17) is 4.98 Å². The van der Waals surface area contributed by atoms with Gasteiger partial charge in [0.25, 0.3) is 5.56 Å². The van der Waals surface area contributed by atoms with Crippen molar-refractivity contribution in [1.29, 1.82) is 0 Å². The summed E-state index contributed by atoms with van der Waals surface area (Å²) in [6.45, 7) is 4.67. The van der Waals surface area contributed by atoms with Gasteiger partial charge in [-0.05, 0) is 44.4 Å². The number of carbonyl (C=O) groups is 1. The maximum Gasteiger partial charge on any atom is 0.256 e. The van der Waals surface area contributed by atoms with Crippen molar-refractivity contribution in [3.8, 4) is 0 Å². The summed E-state index contributed by atoms with van der Waals surface area (Å²) in [5.41, 5.74) is 0.862. The van der Waals surface area contributed by atoms with Crippen LogP contribution in [0, 0.1) is 0 Å². The summed E-state index contributed by atoms with van der Waals surface area (Å²) < 4.78 is 1.06. The number of pyridine rings is 2. The number of nitrogens with zero attached hydrogens (tertiary/aromatic N) is 4. The lowest BCUT2D eigenvalue weighted by atomic mass is 10.0. The second-order valence-electron chi connectivity index (χ2n) is 9.24. The number of hydrogen-bond donors (Lipinski definition) is 2. The molecule has 2 saturated heterocycles. The Hall–Kier alpha value is -3.04. The van der Waals surface area contributed by atoms with E-state index in [9.17, 15) is 9.59 Å². The van der Waals surface area contributed by atoms with Gasteiger partial charge in [-0.2, -0.15) is 0 Å². The number of fused-ring (bicyclic) bond motifs is 6. The molecule has 0 saturated carbocycles. The van der Waals surface area contributed by atoms with Gasteiger partial charge in [0.15, 0.2) is 5.13 Å². The summed E-state index contributed by atoms with van der Waals surface area (Å²) in [5.74, 6) is 0.311. The Morgan fingerprint density at radius 3 is 2.82 bits per heavy atom. The highest BCUT2D eigenvalue weighted by Crippen LogP contribution is 2.39. The van der Waals surface area contributed by atoms with Gasteiger partial charge in [0, 0.05) is 73.4 Å². The fourth-order valence-electron chi connectivity index (χ4n) is 5.34. The van der Waals surface area contributed by atoms with Crippen LogP contribution >= 0.6 is 11.3 Å². The molecule has 2 N–H and O–H groups in total. The lowest BCUT2D eigenvalue weighted by molar-refractivity contribution is -0.127. The fourth-order valence-corrected chi connectivity index (χ4v) is 6.50. The third-order valence-corrected chi connectivity index (χ3v) is 8.29. The van der Waals surface area contributed by atoms with E-state index in [1.807, 2.05) is 17.0 Å². The van der Waals surface area contributed by atoms with E-state index >= 15 is 0 Å². The van der Waals surface area contributed by atoms with E-state index in [1.54, 1.807) is 29.9 Å². The Morgan fingerprint density at radius 2 is 2.00 bits per heavy atom. The maximum absolute atomic E-state index is 12.6. The van der Waals surface area contributed by atoms with Crippen molar-refractivity contribution < 1.29 is 4.79 Å². The zero-order chi connectivity index (χ0) is 23.1. The minimum absolute atomic E-state index is 0.0895. The maximum atomic E-state index is 12.6. The molecule has 176 valence electrons. The predicted molar refractivity (Wildman–Crippen MR) is 137 cm³/mol. The zero-order valence-electron chi connectivity index (χ0n) is 19.0. The number of benzene rings is 1. The van der Waals surface area contributed by atoms with Crippen LogP contribution in [0.5, 0.6) is 0 Å². The van der Waals surface area contributed by atoms with Gasteiger partial charge in [-0.3, -0.25) is 14.6 Å². The molecule has 5 heterocycles. The van der Waals surface area contributed by atoms with Crippen LogP contribution in [0.15, 0.2) is 35.5 Å². The van der Waals surface area contributed by atoms with E-state index in [2.05, 4.69) is 20.2 Å². The molecule has 0 radical (unpaired) electrons. The number of aromatic nitrogens is 3. The highest BCUT2D eigenvalue weighted by atomic mass is 32.1. The number of thiazole rings is 1. The average Bonchev–Trinajstić information content (AvgIpc) is 3.49. The number of likely N-dealkylation sites (tertiary alicyclic amines) is 1. The number of hydrogen-bond acceptors (Lipinski definition) is 7. The normalized spacial score (nSPS) is 17.6. The first kappa shape index (κ1) is 21.5. The van der Waals surface area contributed by atoms with Crippen molar-refractivity contribution in [2.45, 2.75) is 38.1 Å². The van der Waals surface area contributed by atoms with E-state index < -0.39 is 0 Å². The topological polar surface area (TPSA) is 94.2 Å². The number of anilines is 1. The Morgan fingerprint density at radius 1 is 1.12 bits per heavy atom. The third kappa shape index (κ3) is 3.82. The van der Waals surface area contributed by atoms with E-state index in [0.29, 0.717) is 17.3 Å². The number of nitrogens with one attached hydrogen (secondary N) is 2. The first-order valence-electron chi connectivity index (χ1n) is 12.1. The Labute approximate surface area is 201 Å². The number of H-pyrrole nitrogens is 1. The molecule has 0 bridgehead atoms. The predicted octanol–water partition coefficient (Wildman–Crippen LogP) is 3.26. The smallest absolute Gasteiger partial charge is 0.256 e. The van der Waals surface area contributed by atoms with Crippen LogP contribution in [0.25, 0.3) is 31.8 Å². The van der Waals surface area contributed by atoms with Crippen LogP contribution in [0.2, 0.25) is 0 Å². The SMILES string of the molecule is O=C1CCCN1CCCNC1CCN(c2nc3c4ccncc4c4c(=O)[nH]ccc4c3s2)CC1. The Balaban J connectivity index is 1.17. The summed E-state index contributed by atoms with van der Waals surface area (Å²) in [6.07, 6.45) is 10.1. The number of piperidine rings is 1. The van der Waals surface area contributed by atoms with Crippen molar-refractivity contribution in [2.75, 3.05) is 37.6 Å². The minimum Gasteiger partial charge on any atom is -0.348 e. The molecule has 0 spiro atoms. The summed E-state index contributed by atoms with van der Waals surface area (Å²) in [7, 11) is 0. The molecule has 4 aromatic rings. The average molecular weight is 477 g/mol. The minimum atomic E-state index is -0.0895. The van der Waals surface area contributed by atoms with Crippen molar-refractivity contribution in [3.63, 3.8) is 0 Å². The van der Waals surface area contributed by atoms with Gasteiger partial charge in [0.05, 0.1) is 15.6 Å². The fraction of sp³-hybridized carbons (Fsp3) is 0.440. The van der Waals surface area contributed by atoms with Crippen LogP contribution < -0.4 is 15.8 Å². The molecular formula is C25H28N6O2S.